The number of amides is 1. The molecule has 0 N–H and O–H groups in total. The average molecular weight is 299 g/mol. The lowest BCUT2D eigenvalue weighted by Gasteiger charge is -2.21. The minimum atomic E-state index is 0.0364. The molecule has 0 unspecified atom stereocenters. The summed E-state index contributed by atoms with van der Waals surface area (Å²) < 4.78 is 1.83. The third kappa shape index (κ3) is 3.38. The number of benzene rings is 1. The molecule has 1 amide bonds. The van der Waals surface area contributed by atoms with Crippen molar-refractivity contribution in [3.8, 4) is 0 Å². The Labute approximate surface area is 132 Å². The summed E-state index contributed by atoms with van der Waals surface area (Å²) >= 11 is 0. The van der Waals surface area contributed by atoms with Crippen molar-refractivity contribution in [2.24, 2.45) is 7.05 Å². The zero-order valence-electron chi connectivity index (χ0n) is 14.3. The van der Waals surface area contributed by atoms with E-state index in [4.69, 9.17) is 0 Å². The van der Waals surface area contributed by atoms with Crippen LogP contribution in [-0.4, -0.2) is 27.6 Å². The van der Waals surface area contributed by atoms with E-state index >= 15 is 0 Å². The van der Waals surface area contributed by atoms with E-state index in [1.165, 1.54) is 5.56 Å². The average Bonchev–Trinajstić information content (AvgIpc) is 2.77. The quantitative estimate of drug-likeness (QED) is 0.872. The summed E-state index contributed by atoms with van der Waals surface area (Å²) in [5.41, 5.74) is 4.10. The number of rotatable bonds is 3. The first kappa shape index (κ1) is 16.3. The molecule has 0 radical (unpaired) electrons. The number of aromatic nitrogens is 2. The fourth-order valence-corrected chi connectivity index (χ4v) is 2.37. The molecule has 2 rings (SSSR count). The summed E-state index contributed by atoms with van der Waals surface area (Å²) in [6, 6.07) is 7.90. The maximum atomic E-state index is 12.6. The molecule has 2 aromatic rings. The van der Waals surface area contributed by atoms with E-state index < -0.39 is 0 Å². The Hall–Kier alpha value is -2.10. The van der Waals surface area contributed by atoms with Gasteiger partial charge in [0.15, 0.2) is 0 Å². The number of nitrogens with zero attached hydrogens (tertiary/aromatic N) is 3. The summed E-state index contributed by atoms with van der Waals surface area (Å²) in [6.45, 7) is 9.04. The zero-order chi connectivity index (χ0) is 16.5. The SMILES string of the molecule is Cc1c(CN(C)C(=O)c2cccc(C(C)(C)C)c2)cnn1C. The van der Waals surface area contributed by atoms with Crippen LogP contribution in [-0.2, 0) is 19.0 Å². The van der Waals surface area contributed by atoms with Crippen LogP contribution < -0.4 is 0 Å². The summed E-state index contributed by atoms with van der Waals surface area (Å²) in [6.07, 6.45) is 1.82. The van der Waals surface area contributed by atoms with Crippen molar-refractivity contribution in [2.45, 2.75) is 39.7 Å². The molecule has 1 heterocycles. The van der Waals surface area contributed by atoms with Crippen molar-refractivity contribution in [2.75, 3.05) is 7.05 Å². The first-order valence-electron chi connectivity index (χ1n) is 7.53. The molecular weight excluding hydrogens is 274 g/mol. The van der Waals surface area contributed by atoms with Crippen LogP contribution in [0.25, 0.3) is 0 Å². The van der Waals surface area contributed by atoms with E-state index in [1.807, 2.05) is 50.1 Å². The van der Waals surface area contributed by atoms with Gasteiger partial charge in [0.05, 0.1) is 6.20 Å². The smallest absolute Gasteiger partial charge is 0.253 e. The van der Waals surface area contributed by atoms with Crippen LogP contribution in [0.3, 0.4) is 0 Å². The molecular formula is C18H25N3O. The van der Waals surface area contributed by atoms with Gasteiger partial charge in [0, 0.05) is 37.5 Å². The topological polar surface area (TPSA) is 38.1 Å². The van der Waals surface area contributed by atoms with Crippen molar-refractivity contribution in [1.29, 1.82) is 0 Å². The molecule has 0 spiro atoms. The largest absolute Gasteiger partial charge is 0.337 e. The van der Waals surface area contributed by atoms with Crippen LogP contribution in [0, 0.1) is 6.92 Å². The summed E-state index contributed by atoms with van der Waals surface area (Å²) in [5, 5.41) is 4.23. The highest BCUT2D eigenvalue weighted by atomic mass is 16.2. The van der Waals surface area contributed by atoms with Crippen molar-refractivity contribution >= 4 is 5.91 Å². The minimum Gasteiger partial charge on any atom is -0.337 e. The standard InChI is InChI=1S/C18H25N3O/c1-13-15(11-19-21(13)6)12-20(5)17(22)14-8-7-9-16(10-14)18(2,3)4/h7-11H,12H2,1-6H3. The van der Waals surface area contributed by atoms with Crippen LogP contribution in [0.15, 0.2) is 30.5 Å². The lowest BCUT2D eigenvalue weighted by Crippen LogP contribution is -2.27. The highest BCUT2D eigenvalue weighted by Gasteiger charge is 2.18. The van der Waals surface area contributed by atoms with Crippen LogP contribution in [0.2, 0.25) is 0 Å². The van der Waals surface area contributed by atoms with Crippen molar-refractivity contribution in [3.63, 3.8) is 0 Å². The van der Waals surface area contributed by atoms with Crippen LogP contribution in [0.5, 0.6) is 0 Å². The van der Waals surface area contributed by atoms with Crippen LogP contribution >= 0.6 is 0 Å². The van der Waals surface area contributed by atoms with Gasteiger partial charge >= 0.3 is 0 Å². The molecule has 0 atom stereocenters. The third-order valence-corrected chi connectivity index (χ3v) is 4.07. The monoisotopic (exact) mass is 299 g/mol. The van der Waals surface area contributed by atoms with E-state index in [0.717, 1.165) is 16.8 Å². The van der Waals surface area contributed by atoms with Gasteiger partial charge in [0.25, 0.3) is 5.91 Å². The Morgan fingerprint density at radius 2 is 2.00 bits per heavy atom. The lowest BCUT2D eigenvalue weighted by molar-refractivity contribution is 0.0784. The van der Waals surface area contributed by atoms with Gasteiger partial charge in [-0.1, -0.05) is 32.9 Å². The number of hydrogen-bond donors (Lipinski definition) is 0. The second-order valence-electron chi connectivity index (χ2n) is 6.87. The molecule has 0 saturated heterocycles. The number of hydrogen-bond acceptors (Lipinski definition) is 2. The molecule has 4 heteroatoms. The first-order valence-corrected chi connectivity index (χ1v) is 7.53. The van der Waals surface area contributed by atoms with Crippen molar-refractivity contribution < 1.29 is 4.79 Å². The predicted octanol–water partition coefficient (Wildman–Crippen LogP) is 3.30. The van der Waals surface area contributed by atoms with Gasteiger partial charge in [-0.15, -0.1) is 0 Å². The van der Waals surface area contributed by atoms with Gasteiger partial charge < -0.3 is 4.90 Å². The van der Waals surface area contributed by atoms with Crippen LogP contribution in [0.1, 0.15) is 48.0 Å². The molecule has 0 aliphatic heterocycles. The normalized spacial score (nSPS) is 11.5. The Balaban J connectivity index is 2.19. The number of carbonyl (C=O) groups is 1. The van der Waals surface area contributed by atoms with E-state index in [2.05, 4.69) is 31.9 Å². The molecule has 0 aliphatic carbocycles. The molecule has 1 aromatic heterocycles. The summed E-state index contributed by atoms with van der Waals surface area (Å²) in [5.74, 6) is 0.0364. The van der Waals surface area contributed by atoms with Gasteiger partial charge in [-0.2, -0.15) is 5.10 Å². The van der Waals surface area contributed by atoms with Gasteiger partial charge in [-0.25, -0.2) is 0 Å². The number of carbonyl (C=O) groups excluding carboxylic acids is 1. The maximum absolute atomic E-state index is 12.6. The van der Waals surface area contributed by atoms with Gasteiger partial charge in [0.1, 0.15) is 0 Å². The predicted molar refractivity (Wildman–Crippen MR) is 88.9 cm³/mol. The maximum Gasteiger partial charge on any atom is 0.253 e. The zero-order valence-corrected chi connectivity index (χ0v) is 14.3. The molecule has 1 aromatic carbocycles. The molecule has 118 valence electrons. The van der Waals surface area contributed by atoms with E-state index in [1.54, 1.807) is 4.90 Å². The molecule has 22 heavy (non-hydrogen) atoms. The van der Waals surface area contributed by atoms with Gasteiger partial charge in [0.2, 0.25) is 0 Å². The highest BCUT2D eigenvalue weighted by Crippen LogP contribution is 2.23. The first-order chi connectivity index (χ1) is 10.2. The van der Waals surface area contributed by atoms with Crippen molar-refractivity contribution in [3.05, 3.63) is 52.8 Å². The van der Waals surface area contributed by atoms with E-state index in [9.17, 15) is 4.79 Å². The molecule has 4 nitrogen and oxygen atoms in total. The van der Waals surface area contributed by atoms with E-state index in [0.29, 0.717) is 6.54 Å². The summed E-state index contributed by atoms with van der Waals surface area (Å²) in [7, 11) is 3.74. The Morgan fingerprint density at radius 3 is 2.55 bits per heavy atom. The van der Waals surface area contributed by atoms with Crippen LogP contribution in [0.4, 0.5) is 0 Å². The Morgan fingerprint density at radius 1 is 1.32 bits per heavy atom. The fraction of sp³-hybridized carbons (Fsp3) is 0.444. The third-order valence-electron chi connectivity index (χ3n) is 4.07. The van der Waals surface area contributed by atoms with Gasteiger partial charge in [-0.05, 0) is 30.0 Å². The minimum absolute atomic E-state index is 0.0364. The Bertz CT molecular complexity index is 680. The molecule has 0 aliphatic rings. The second kappa shape index (κ2) is 5.95. The molecule has 0 saturated carbocycles. The molecule has 0 fully saturated rings. The van der Waals surface area contributed by atoms with Crippen molar-refractivity contribution in [1.82, 2.24) is 14.7 Å². The number of aryl methyl sites for hydroxylation is 1. The fourth-order valence-electron chi connectivity index (χ4n) is 2.37. The highest BCUT2D eigenvalue weighted by molar-refractivity contribution is 5.94. The van der Waals surface area contributed by atoms with Gasteiger partial charge in [-0.3, -0.25) is 9.48 Å². The van der Waals surface area contributed by atoms with E-state index in [-0.39, 0.29) is 11.3 Å². The molecule has 0 bridgehead atoms. The summed E-state index contributed by atoms with van der Waals surface area (Å²) in [4.78, 5) is 14.4. The lowest BCUT2D eigenvalue weighted by atomic mass is 9.86. The second-order valence-corrected chi connectivity index (χ2v) is 6.87. The Kier molecular flexibility index (Phi) is 4.40.